The number of hydrogen-bond donors (Lipinski definition) is 2. The van der Waals surface area contributed by atoms with Crippen LogP contribution in [0.4, 0.5) is 11.4 Å². The summed E-state index contributed by atoms with van der Waals surface area (Å²) in [5.74, 6) is 0.0858. The van der Waals surface area contributed by atoms with Crippen LogP contribution in [0.3, 0.4) is 0 Å². The third-order valence-corrected chi connectivity index (χ3v) is 3.57. The second-order valence-corrected chi connectivity index (χ2v) is 6.97. The van der Waals surface area contributed by atoms with E-state index in [2.05, 4.69) is 21.2 Å². The number of rotatable bonds is 4. The number of hydrogen-bond acceptors (Lipinski definition) is 4. The molecule has 3 N–H and O–H groups in total. The number of anilines is 2. The SMILES string of the molecule is CC(CS(C)(=O)=O)Nc1ccc(Br)cc1N. The van der Waals surface area contributed by atoms with E-state index in [0.29, 0.717) is 5.69 Å². The topological polar surface area (TPSA) is 72.2 Å². The monoisotopic (exact) mass is 306 g/mol. The average molecular weight is 307 g/mol. The predicted molar refractivity (Wildman–Crippen MR) is 71.3 cm³/mol. The van der Waals surface area contributed by atoms with Gasteiger partial charge in [0, 0.05) is 16.8 Å². The van der Waals surface area contributed by atoms with Gasteiger partial charge in [0.25, 0.3) is 0 Å². The molecule has 16 heavy (non-hydrogen) atoms. The highest BCUT2D eigenvalue weighted by molar-refractivity contribution is 9.10. The van der Waals surface area contributed by atoms with Crippen molar-refractivity contribution in [3.63, 3.8) is 0 Å². The molecule has 0 fully saturated rings. The van der Waals surface area contributed by atoms with E-state index in [-0.39, 0.29) is 11.8 Å². The van der Waals surface area contributed by atoms with Crippen LogP contribution in [0.5, 0.6) is 0 Å². The van der Waals surface area contributed by atoms with Crippen LogP contribution in [0.15, 0.2) is 22.7 Å². The zero-order chi connectivity index (χ0) is 12.3. The maximum atomic E-state index is 11.1. The Morgan fingerprint density at radius 2 is 2.12 bits per heavy atom. The summed E-state index contributed by atoms with van der Waals surface area (Å²) in [5, 5.41) is 3.07. The van der Waals surface area contributed by atoms with Gasteiger partial charge < -0.3 is 11.1 Å². The first-order valence-electron chi connectivity index (χ1n) is 4.77. The number of sulfone groups is 1. The summed E-state index contributed by atoms with van der Waals surface area (Å²) >= 11 is 3.31. The maximum Gasteiger partial charge on any atom is 0.149 e. The van der Waals surface area contributed by atoms with Crippen molar-refractivity contribution >= 4 is 37.1 Å². The fraction of sp³-hybridized carbons (Fsp3) is 0.400. The first-order valence-corrected chi connectivity index (χ1v) is 7.62. The van der Waals surface area contributed by atoms with Gasteiger partial charge in [-0.3, -0.25) is 0 Å². The van der Waals surface area contributed by atoms with Crippen molar-refractivity contribution in [1.82, 2.24) is 0 Å². The molecule has 0 aromatic heterocycles. The summed E-state index contributed by atoms with van der Waals surface area (Å²) in [6.07, 6.45) is 1.22. The van der Waals surface area contributed by atoms with Crippen LogP contribution in [-0.2, 0) is 9.84 Å². The van der Waals surface area contributed by atoms with Gasteiger partial charge in [-0.05, 0) is 25.1 Å². The number of nitrogens with one attached hydrogen (secondary N) is 1. The van der Waals surface area contributed by atoms with Gasteiger partial charge in [-0.1, -0.05) is 15.9 Å². The van der Waals surface area contributed by atoms with E-state index in [1.807, 2.05) is 19.1 Å². The molecular weight excluding hydrogens is 292 g/mol. The Morgan fingerprint density at radius 1 is 1.50 bits per heavy atom. The van der Waals surface area contributed by atoms with Crippen LogP contribution < -0.4 is 11.1 Å². The lowest BCUT2D eigenvalue weighted by Crippen LogP contribution is -2.25. The van der Waals surface area contributed by atoms with Crippen LogP contribution in [0.25, 0.3) is 0 Å². The van der Waals surface area contributed by atoms with Crippen molar-refractivity contribution in [1.29, 1.82) is 0 Å². The van der Waals surface area contributed by atoms with E-state index in [9.17, 15) is 8.42 Å². The molecule has 0 heterocycles. The van der Waals surface area contributed by atoms with Gasteiger partial charge in [0.05, 0.1) is 17.1 Å². The average Bonchev–Trinajstić information content (AvgIpc) is 2.06. The second kappa shape index (κ2) is 5.05. The molecule has 90 valence electrons. The fourth-order valence-electron chi connectivity index (χ4n) is 1.43. The molecule has 0 aliphatic heterocycles. The zero-order valence-electron chi connectivity index (χ0n) is 9.20. The molecule has 0 aliphatic carbocycles. The molecule has 0 bridgehead atoms. The molecule has 4 nitrogen and oxygen atoms in total. The van der Waals surface area contributed by atoms with Gasteiger partial charge >= 0.3 is 0 Å². The minimum absolute atomic E-state index is 0.0858. The summed E-state index contributed by atoms with van der Waals surface area (Å²) in [7, 11) is -2.98. The van der Waals surface area contributed by atoms with Gasteiger partial charge in [0.1, 0.15) is 9.84 Å². The highest BCUT2D eigenvalue weighted by Crippen LogP contribution is 2.23. The normalized spacial score (nSPS) is 13.4. The first kappa shape index (κ1) is 13.3. The molecule has 1 atom stereocenters. The van der Waals surface area contributed by atoms with Crippen LogP contribution in [0.1, 0.15) is 6.92 Å². The van der Waals surface area contributed by atoms with Gasteiger partial charge in [-0.25, -0.2) is 8.42 Å². The highest BCUT2D eigenvalue weighted by atomic mass is 79.9. The molecule has 1 unspecified atom stereocenters. The fourth-order valence-corrected chi connectivity index (χ4v) is 2.80. The Bertz CT molecular complexity index is 474. The lowest BCUT2D eigenvalue weighted by Gasteiger charge is -2.15. The van der Waals surface area contributed by atoms with Crippen molar-refractivity contribution in [3.8, 4) is 0 Å². The Kier molecular flexibility index (Phi) is 4.21. The Hall–Kier alpha value is -0.750. The number of halogens is 1. The van der Waals surface area contributed by atoms with Crippen molar-refractivity contribution in [2.75, 3.05) is 23.1 Å². The molecular formula is C10H15BrN2O2S. The van der Waals surface area contributed by atoms with Crippen molar-refractivity contribution in [2.45, 2.75) is 13.0 Å². The number of nitrogen functional groups attached to an aromatic ring is 1. The van der Waals surface area contributed by atoms with Gasteiger partial charge in [0.15, 0.2) is 0 Å². The standard InChI is InChI=1S/C10H15BrN2O2S/c1-7(6-16(2,14)15)13-10-4-3-8(11)5-9(10)12/h3-5,7,13H,6,12H2,1-2H3. The van der Waals surface area contributed by atoms with Crippen LogP contribution in [0.2, 0.25) is 0 Å². The van der Waals surface area contributed by atoms with Crippen LogP contribution >= 0.6 is 15.9 Å². The molecule has 0 saturated heterocycles. The molecule has 1 rings (SSSR count). The third kappa shape index (κ3) is 4.40. The van der Waals surface area contributed by atoms with E-state index in [0.717, 1.165) is 10.2 Å². The summed E-state index contributed by atoms with van der Waals surface area (Å²) in [6, 6.07) is 5.28. The minimum Gasteiger partial charge on any atom is -0.397 e. The first-order chi connectivity index (χ1) is 7.28. The molecule has 0 spiro atoms. The Labute approximate surface area is 104 Å². The van der Waals surface area contributed by atoms with Crippen molar-refractivity contribution in [2.24, 2.45) is 0 Å². The van der Waals surface area contributed by atoms with E-state index in [1.165, 1.54) is 6.26 Å². The lowest BCUT2D eigenvalue weighted by atomic mass is 10.2. The summed E-state index contributed by atoms with van der Waals surface area (Å²) < 4.78 is 23.1. The minimum atomic E-state index is -2.98. The summed E-state index contributed by atoms with van der Waals surface area (Å²) in [5.41, 5.74) is 7.13. The molecule has 0 radical (unpaired) electrons. The zero-order valence-corrected chi connectivity index (χ0v) is 11.6. The van der Waals surface area contributed by atoms with E-state index in [1.54, 1.807) is 6.07 Å². The summed E-state index contributed by atoms with van der Waals surface area (Å²) in [6.45, 7) is 1.81. The molecule has 0 aliphatic rings. The summed E-state index contributed by atoms with van der Waals surface area (Å²) in [4.78, 5) is 0. The number of nitrogens with two attached hydrogens (primary N) is 1. The molecule has 1 aromatic carbocycles. The van der Waals surface area contributed by atoms with Crippen molar-refractivity contribution < 1.29 is 8.42 Å². The Morgan fingerprint density at radius 3 is 2.62 bits per heavy atom. The smallest absolute Gasteiger partial charge is 0.149 e. The van der Waals surface area contributed by atoms with Crippen molar-refractivity contribution in [3.05, 3.63) is 22.7 Å². The molecule has 6 heteroatoms. The van der Waals surface area contributed by atoms with Crippen LogP contribution in [0, 0.1) is 0 Å². The Balaban J connectivity index is 2.73. The largest absolute Gasteiger partial charge is 0.397 e. The van der Waals surface area contributed by atoms with Gasteiger partial charge in [0.2, 0.25) is 0 Å². The molecule has 0 amide bonds. The second-order valence-electron chi connectivity index (χ2n) is 3.87. The third-order valence-electron chi connectivity index (χ3n) is 1.97. The molecule has 1 aromatic rings. The highest BCUT2D eigenvalue weighted by Gasteiger charge is 2.11. The van der Waals surface area contributed by atoms with Gasteiger partial charge in [-0.2, -0.15) is 0 Å². The lowest BCUT2D eigenvalue weighted by molar-refractivity contribution is 0.598. The molecule has 0 saturated carbocycles. The maximum absolute atomic E-state index is 11.1. The van der Waals surface area contributed by atoms with E-state index >= 15 is 0 Å². The van der Waals surface area contributed by atoms with Crippen LogP contribution in [-0.4, -0.2) is 26.5 Å². The number of benzene rings is 1. The quantitative estimate of drug-likeness (QED) is 0.833. The predicted octanol–water partition coefficient (Wildman–Crippen LogP) is 1.88. The van der Waals surface area contributed by atoms with Gasteiger partial charge in [-0.15, -0.1) is 0 Å². The van der Waals surface area contributed by atoms with E-state index in [4.69, 9.17) is 5.73 Å². The van der Waals surface area contributed by atoms with E-state index < -0.39 is 9.84 Å².